The summed E-state index contributed by atoms with van der Waals surface area (Å²) >= 11 is 1.68. The molecule has 1 fully saturated rings. The highest BCUT2D eigenvalue weighted by Gasteiger charge is 2.54. The van der Waals surface area contributed by atoms with E-state index in [9.17, 15) is 4.79 Å². The van der Waals surface area contributed by atoms with Crippen LogP contribution in [-0.2, 0) is 23.2 Å². The Kier molecular flexibility index (Phi) is 2.75. The molecular weight excluding hydrogens is 284 g/mol. The fraction of sp³-hybridized carbons (Fsp3) is 0.400. The van der Waals surface area contributed by atoms with Crippen molar-refractivity contribution in [3.8, 4) is 0 Å². The van der Waals surface area contributed by atoms with Crippen LogP contribution in [0.3, 0.4) is 0 Å². The van der Waals surface area contributed by atoms with Gasteiger partial charge in [-0.25, -0.2) is 9.97 Å². The monoisotopic (exact) mass is 300 g/mol. The average molecular weight is 300 g/mol. The molecule has 0 saturated heterocycles. The van der Waals surface area contributed by atoms with Gasteiger partial charge in [0.1, 0.15) is 0 Å². The SMILES string of the molecule is Nc1ncc2c(n1)CN(C(=O)C1(c3cccs3)CC1)CC2. The van der Waals surface area contributed by atoms with Crippen LogP contribution in [0.15, 0.2) is 23.7 Å². The molecule has 0 atom stereocenters. The number of thiophene rings is 1. The Labute approximate surface area is 126 Å². The van der Waals surface area contributed by atoms with Gasteiger partial charge in [-0.15, -0.1) is 11.3 Å². The molecule has 1 aliphatic heterocycles. The van der Waals surface area contributed by atoms with Gasteiger partial charge in [0.25, 0.3) is 0 Å². The quantitative estimate of drug-likeness (QED) is 0.917. The van der Waals surface area contributed by atoms with Crippen LogP contribution < -0.4 is 5.73 Å². The third-order valence-electron chi connectivity index (χ3n) is 4.40. The number of carbonyl (C=O) groups excluding carboxylic acids is 1. The van der Waals surface area contributed by atoms with Crippen LogP contribution in [0.5, 0.6) is 0 Å². The molecule has 2 aliphatic rings. The number of anilines is 1. The van der Waals surface area contributed by atoms with Crippen LogP contribution in [0, 0.1) is 0 Å². The molecule has 2 aromatic rings. The number of nitrogens with two attached hydrogens (primary N) is 1. The van der Waals surface area contributed by atoms with Crippen molar-refractivity contribution in [3.05, 3.63) is 39.8 Å². The first-order valence-electron chi connectivity index (χ1n) is 7.13. The predicted octanol–water partition coefficient (Wildman–Crippen LogP) is 1.74. The third kappa shape index (κ3) is 2.01. The van der Waals surface area contributed by atoms with Crippen molar-refractivity contribution >= 4 is 23.2 Å². The first kappa shape index (κ1) is 12.8. The Hall–Kier alpha value is -1.95. The van der Waals surface area contributed by atoms with E-state index in [2.05, 4.69) is 16.0 Å². The Morgan fingerprint density at radius 3 is 3.00 bits per heavy atom. The van der Waals surface area contributed by atoms with Crippen molar-refractivity contribution in [2.24, 2.45) is 0 Å². The minimum Gasteiger partial charge on any atom is -0.368 e. The van der Waals surface area contributed by atoms with Gasteiger partial charge >= 0.3 is 0 Å². The second-order valence-corrected chi connectivity index (χ2v) is 6.68. The average Bonchev–Trinajstić information content (AvgIpc) is 3.12. The molecule has 0 bridgehead atoms. The predicted molar refractivity (Wildman–Crippen MR) is 80.8 cm³/mol. The van der Waals surface area contributed by atoms with Gasteiger partial charge in [0.2, 0.25) is 11.9 Å². The zero-order valence-corrected chi connectivity index (χ0v) is 12.4. The molecule has 1 saturated carbocycles. The summed E-state index contributed by atoms with van der Waals surface area (Å²) in [6.07, 6.45) is 4.51. The minimum atomic E-state index is -0.260. The van der Waals surface area contributed by atoms with Crippen LogP contribution in [0.2, 0.25) is 0 Å². The van der Waals surface area contributed by atoms with E-state index in [0.717, 1.165) is 37.1 Å². The van der Waals surface area contributed by atoms with Gasteiger partial charge in [0, 0.05) is 17.6 Å². The number of nitrogen functional groups attached to an aromatic ring is 1. The third-order valence-corrected chi connectivity index (χ3v) is 5.48. The van der Waals surface area contributed by atoms with Gasteiger partial charge in [-0.2, -0.15) is 0 Å². The van der Waals surface area contributed by atoms with Crippen LogP contribution in [0.4, 0.5) is 5.95 Å². The lowest BCUT2D eigenvalue weighted by Gasteiger charge is -2.31. The molecular formula is C15H16N4OS. The van der Waals surface area contributed by atoms with Gasteiger partial charge in [-0.05, 0) is 36.3 Å². The molecule has 1 amide bonds. The largest absolute Gasteiger partial charge is 0.368 e. The van der Waals surface area contributed by atoms with Crippen molar-refractivity contribution in [3.63, 3.8) is 0 Å². The number of amides is 1. The summed E-state index contributed by atoms with van der Waals surface area (Å²) in [6.45, 7) is 1.29. The highest BCUT2D eigenvalue weighted by Crippen LogP contribution is 2.51. The van der Waals surface area contributed by atoms with Gasteiger partial charge in [-0.1, -0.05) is 6.07 Å². The summed E-state index contributed by atoms with van der Waals surface area (Å²) in [4.78, 5) is 24.4. The Balaban J connectivity index is 1.60. The van der Waals surface area contributed by atoms with Crippen LogP contribution in [-0.4, -0.2) is 27.3 Å². The van der Waals surface area contributed by atoms with Crippen molar-refractivity contribution < 1.29 is 4.79 Å². The second-order valence-electron chi connectivity index (χ2n) is 5.74. The highest BCUT2D eigenvalue weighted by molar-refractivity contribution is 7.10. The number of hydrogen-bond acceptors (Lipinski definition) is 5. The first-order chi connectivity index (χ1) is 10.2. The van der Waals surface area contributed by atoms with Gasteiger partial charge in [0.05, 0.1) is 17.7 Å². The lowest BCUT2D eigenvalue weighted by Crippen LogP contribution is -2.42. The number of nitrogens with zero attached hydrogens (tertiary/aromatic N) is 3. The Morgan fingerprint density at radius 2 is 2.29 bits per heavy atom. The summed E-state index contributed by atoms with van der Waals surface area (Å²) in [5, 5.41) is 2.04. The maximum absolute atomic E-state index is 12.9. The zero-order valence-electron chi connectivity index (χ0n) is 11.6. The van der Waals surface area contributed by atoms with E-state index in [1.54, 1.807) is 17.5 Å². The number of aromatic nitrogens is 2. The van der Waals surface area contributed by atoms with Gasteiger partial charge < -0.3 is 10.6 Å². The van der Waals surface area contributed by atoms with E-state index < -0.39 is 0 Å². The lowest BCUT2D eigenvalue weighted by molar-refractivity contribution is -0.134. The topological polar surface area (TPSA) is 72.1 Å². The second kappa shape index (κ2) is 4.53. The van der Waals surface area contributed by atoms with Gasteiger partial charge in [-0.3, -0.25) is 4.79 Å². The van der Waals surface area contributed by atoms with Crippen molar-refractivity contribution in [2.45, 2.75) is 31.2 Å². The summed E-state index contributed by atoms with van der Waals surface area (Å²) < 4.78 is 0. The summed E-state index contributed by atoms with van der Waals surface area (Å²) in [7, 11) is 0. The zero-order chi connectivity index (χ0) is 14.4. The molecule has 2 aromatic heterocycles. The number of carbonyl (C=O) groups is 1. The molecule has 2 N–H and O–H groups in total. The molecule has 6 heteroatoms. The molecule has 1 aliphatic carbocycles. The highest BCUT2D eigenvalue weighted by atomic mass is 32.1. The molecule has 108 valence electrons. The van der Waals surface area contributed by atoms with Gasteiger partial charge in [0.15, 0.2) is 0 Å². The smallest absolute Gasteiger partial charge is 0.234 e. The van der Waals surface area contributed by atoms with E-state index >= 15 is 0 Å². The molecule has 0 radical (unpaired) electrons. The molecule has 21 heavy (non-hydrogen) atoms. The normalized spacial score (nSPS) is 19.1. The number of rotatable bonds is 2. The van der Waals surface area contributed by atoms with Crippen molar-refractivity contribution in [2.75, 3.05) is 12.3 Å². The molecule has 0 spiro atoms. The maximum atomic E-state index is 12.9. The molecule has 5 nitrogen and oxygen atoms in total. The Morgan fingerprint density at radius 1 is 1.43 bits per heavy atom. The molecule has 0 aromatic carbocycles. The standard InChI is InChI=1S/C15H16N4OS/c16-14-17-8-10-3-6-19(9-11(10)18-14)13(20)15(4-5-15)12-2-1-7-21-12/h1-2,7-8H,3-6,9H2,(H2,16,17,18). The summed E-state index contributed by atoms with van der Waals surface area (Å²) in [6, 6.07) is 4.10. The number of fused-ring (bicyclic) bond motifs is 1. The molecule has 4 rings (SSSR count). The summed E-state index contributed by atoms with van der Waals surface area (Å²) in [5.74, 6) is 0.523. The van der Waals surface area contributed by atoms with Crippen molar-refractivity contribution in [1.29, 1.82) is 0 Å². The van der Waals surface area contributed by atoms with E-state index in [1.807, 2.05) is 16.3 Å². The molecule has 3 heterocycles. The fourth-order valence-electron chi connectivity index (χ4n) is 3.04. The van der Waals surface area contributed by atoms with E-state index in [-0.39, 0.29) is 17.3 Å². The van der Waals surface area contributed by atoms with Crippen molar-refractivity contribution in [1.82, 2.24) is 14.9 Å². The fourth-order valence-corrected chi connectivity index (χ4v) is 4.01. The maximum Gasteiger partial charge on any atom is 0.234 e. The van der Waals surface area contributed by atoms with E-state index in [1.165, 1.54) is 4.88 Å². The summed E-state index contributed by atoms with van der Waals surface area (Å²) in [5.41, 5.74) is 7.39. The van der Waals surface area contributed by atoms with E-state index in [0.29, 0.717) is 6.54 Å². The number of hydrogen-bond donors (Lipinski definition) is 1. The Bertz CT molecular complexity index is 694. The minimum absolute atomic E-state index is 0.243. The lowest BCUT2D eigenvalue weighted by atomic mass is 10.00. The van der Waals surface area contributed by atoms with Crippen LogP contribution in [0.25, 0.3) is 0 Å². The molecule has 0 unspecified atom stereocenters. The first-order valence-corrected chi connectivity index (χ1v) is 8.01. The van der Waals surface area contributed by atoms with Crippen LogP contribution >= 0.6 is 11.3 Å². The van der Waals surface area contributed by atoms with E-state index in [4.69, 9.17) is 5.73 Å². The van der Waals surface area contributed by atoms with Crippen LogP contribution in [0.1, 0.15) is 29.0 Å².